The van der Waals surface area contributed by atoms with Crippen molar-refractivity contribution in [2.24, 2.45) is 0 Å². The average molecular weight is 299 g/mol. The Hall–Kier alpha value is -2.70. The summed E-state index contributed by atoms with van der Waals surface area (Å²) in [5.74, 6) is -0.201. The van der Waals surface area contributed by atoms with Crippen molar-refractivity contribution in [2.75, 3.05) is 0 Å². The van der Waals surface area contributed by atoms with Gasteiger partial charge in [-0.2, -0.15) is 5.10 Å². The first-order chi connectivity index (χ1) is 10.7. The van der Waals surface area contributed by atoms with E-state index in [1.807, 2.05) is 24.3 Å². The third-order valence-electron chi connectivity index (χ3n) is 3.68. The Morgan fingerprint density at radius 2 is 2.18 bits per heavy atom. The number of aromatic nitrogens is 3. The van der Waals surface area contributed by atoms with Crippen LogP contribution >= 0.6 is 0 Å². The Balaban J connectivity index is 1.62. The maximum absolute atomic E-state index is 12.0. The summed E-state index contributed by atoms with van der Waals surface area (Å²) in [4.78, 5) is 27.1. The largest absolute Gasteiger partial charge is 0.350 e. The number of nitrogens with one attached hydrogen (secondary N) is 2. The molecule has 2 amide bonds. The number of hydrogen-bond acceptors (Lipinski definition) is 4. The molecule has 0 saturated carbocycles. The zero-order chi connectivity index (χ0) is 15.4. The van der Waals surface area contributed by atoms with Gasteiger partial charge in [-0.15, -0.1) is 0 Å². The molecule has 1 fully saturated rings. The van der Waals surface area contributed by atoms with Crippen LogP contribution in [0.5, 0.6) is 0 Å². The van der Waals surface area contributed by atoms with Crippen LogP contribution in [0.15, 0.2) is 36.9 Å². The molecular weight excluding hydrogens is 282 g/mol. The van der Waals surface area contributed by atoms with E-state index in [0.29, 0.717) is 25.9 Å². The van der Waals surface area contributed by atoms with Gasteiger partial charge in [-0.1, -0.05) is 24.3 Å². The van der Waals surface area contributed by atoms with Crippen molar-refractivity contribution in [3.63, 3.8) is 0 Å². The molecule has 0 aliphatic carbocycles. The number of amides is 2. The summed E-state index contributed by atoms with van der Waals surface area (Å²) in [6, 6.07) is 7.45. The van der Waals surface area contributed by atoms with Gasteiger partial charge in [0.1, 0.15) is 18.7 Å². The second-order valence-electron chi connectivity index (χ2n) is 5.24. The highest BCUT2D eigenvalue weighted by atomic mass is 16.2. The molecule has 1 saturated heterocycles. The molecule has 1 aromatic carbocycles. The van der Waals surface area contributed by atoms with Crippen molar-refractivity contribution >= 4 is 11.8 Å². The molecule has 22 heavy (non-hydrogen) atoms. The minimum Gasteiger partial charge on any atom is -0.350 e. The van der Waals surface area contributed by atoms with E-state index in [4.69, 9.17) is 0 Å². The van der Waals surface area contributed by atoms with Crippen molar-refractivity contribution in [1.29, 1.82) is 0 Å². The van der Waals surface area contributed by atoms with Gasteiger partial charge in [0.25, 0.3) is 0 Å². The minimum atomic E-state index is -0.407. The third-order valence-corrected chi connectivity index (χ3v) is 3.68. The molecule has 2 aromatic rings. The van der Waals surface area contributed by atoms with Crippen LogP contribution in [0.3, 0.4) is 0 Å². The normalized spacial score (nSPS) is 17.3. The molecular formula is C15H17N5O2. The van der Waals surface area contributed by atoms with E-state index in [2.05, 4.69) is 20.7 Å². The Labute approximate surface area is 127 Å². The van der Waals surface area contributed by atoms with E-state index >= 15 is 0 Å². The topological polar surface area (TPSA) is 88.9 Å². The second-order valence-corrected chi connectivity index (χ2v) is 5.24. The molecule has 1 aliphatic heterocycles. The predicted molar refractivity (Wildman–Crippen MR) is 78.6 cm³/mol. The average Bonchev–Trinajstić information content (AvgIpc) is 3.18. The summed E-state index contributed by atoms with van der Waals surface area (Å²) in [7, 11) is 0. The Kier molecular flexibility index (Phi) is 4.13. The zero-order valence-corrected chi connectivity index (χ0v) is 12.0. The van der Waals surface area contributed by atoms with Crippen molar-refractivity contribution in [1.82, 2.24) is 25.4 Å². The van der Waals surface area contributed by atoms with Gasteiger partial charge in [-0.05, 0) is 17.5 Å². The highest BCUT2D eigenvalue weighted by molar-refractivity contribution is 5.90. The zero-order valence-electron chi connectivity index (χ0n) is 12.0. The maximum Gasteiger partial charge on any atom is 0.242 e. The quantitative estimate of drug-likeness (QED) is 0.826. The first-order valence-corrected chi connectivity index (χ1v) is 7.18. The van der Waals surface area contributed by atoms with Gasteiger partial charge in [0.2, 0.25) is 11.8 Å². The van der Waals surface area contributed by atoms with Crippen molar-refractivity contribution in [3.05, 3.63) is 48.0 Å². The fourth-order valence-corrected chi connectivity index (χ4v) is 2.49. The monoisotopic (exact) mass is 299 g/mol. The van der Waals surface area contributed by atoms with Crippen LogP contribution in [-0.4, -0.2) is 32.6 Å². The molecule has 3 rings (SSSR count). The van der Waals surface area contributed by atoms with Gasteiger partial charge in [0, 0.05) is 13.0 Å². The van der Waals surface area contributed by atoms with E-state index < -0.39 is 6.04 Å². The summed E-state index contributed by atoms with van der Waals surface area (Å²) in [5, 5.41) is 9.64. The van der Waals surface area contributed by atoms with Gasteiger partial charge in [-0.3, -0.25) is 9.59 Å². The molecule has 0 bridgehead atoms. The van der Waals surface area contributed by atoms with Gasteiger partial charge in [0.15, 0.2) is 0 Å². The molecule has 2 N–H and O–H groups in total. The summed E-state index contributed by atoms with van der Waals surface area (Å²) < 4.78 is 1.73. The smallest absolute Gasteiger partial charge is 0.242 e. The third kappa shape index (κ3) is 3.30. The molecule has 7 nitrogen and oxygen atoms in total. The fraction of sp³-hybridized carbons (Fsp3) is 0.333. The van der Waals surface area contributed by atoms with Gasteiger partial charge >= 0.3 is 0 Å². The first-order valence-electron chi connectivity index (χ1n) is 7.18. The van der Waals surface area contributed by atoms with Crippen LogP contribution < -0.4 is 10.6 Å². The van der Waals surface area contributed by atoms with Gasteiger partial charge < -0.3 is 10.6 Å². The molecule has 114 valence electrons. The molecule has 0 spiro atoms. The molecule has 1 unspecified atom stereocenters. The van der Waals surface area contributed by atoms with E-state index in [9.17, 15) is 9.59 Å². The fourth-order valence-electron chi connectivity index (χ4n) is 2.49. The number of carbonyl (C=O) groups excluding carboxylic acids is 2. The van der Waals surface area contributed by atoms with Crippen LogP contribution in [0.1, 0.15) is 24.0 Å². The molecule has 1 aromatic heterocycles. The van der Waals surface area contributed by atoms with Crippen LogP contribution in [0.2, 0.25) is 0 Å². The van der Waals surface area contributed by atoms with Crippen LogP contribution in [-0.2, 0) is 22.7 Å². The standard InChI is InChI=1S/C15H17N5O2/c21-14-6-5-13(19-14)15(22)17-7-11-3-1-2-4-12(11)8-20-10-16-9-18-20/h1-4,9-10,13H,5-8H2,(H,17,22)(H,19,21). The summed E-state index contributed by atoms with van der Waals surface area (Å²) >= 11 is 0. The highest BCUT2D eigenvalue weighted by Gasteiger charge is 2.26. The lowest BCUT2D eigenvalue weighted by atomic mass is 10.1. The SMILES string of the molecule is O=C1CCC(C(=O)NCc2ccccc2Cn2cncn2)N1. The van der Waals surface area contributed by atoms with E-state index in [1.165, 1.54) is 6.33 Å². The molecule has 7 heteroatoms. The van der Waals surface area contributed by atoms with Crippen molar-refractivity contribution in [3.8, 4) is 0 Å². The highest BCUT2D eigenvalue weighted by Crippen LogP contribution is 2.11. The predicted octanol–water partition coefficient (Wildman–Crippen LogP) is 0.221. The van der Waals surface area contributed by atoms with E-state index in [0.717, 1.165) is 11.1 Å². The number of benzene rings is 1. The lowest BCUT2D eigenvalue weighted by Gasteiger charge is -2.13. The van der Waals surface area contributed by atoms with Crippen LogP contribution in [0.4, 0.5) is 0 Å². The number of hydrogen-bond donors (Lipinski definition) is 2. The molecule has 1 atom stereocenters. The molecule has 2 heterocycles. The lowest BCUT2D eigenvalue weighted by molar-refractivity contribution is -0.125. The lowest BCUT2D eigenvalue weighted by Crippen LogP contribution is -2.41. The number of nitrogens with zero attached hydrogens (tertiary/aromatic N) is 3. The second kappa shape index (κ2) is 6.38. The first kappa shape index (κ1) is 14.2. The van der Waals surface area contributed by atoms with Crippen LogP contribution in [0.25, 0.3) is 0 Å². The van der Waals surface area contributed by atoms with Crippen molar-refractivity contribution in [2.45, 2.75) is 32.0 Å². The van der Waals surface area contributed by atoms with Crippen LogP contribution in [0, 0.1) is 0 Å². The minimum absolute atomic E-state index is 0.0632. The Morgan fingerprint density at radius 3 is 2.86 bits per heavy atom. The Morgan fingerprint density at radius 1 is 1.36 bits per heavy atom. The molecule has 0 radical (unpaired) electrons. The molecule has 1 aliphatic rings. The summed E-state index contributed by atoms with van der Waals surface area (Å²) in [6.45, 7) is 1.03. The van der Waals surface area contributed by atoms with Gasteiger partial charge in [0.05, 0.1) is 6.54 Å². The summed E-state index contributed by atoms with van der Waals surface area (Å²) in [5.41, 5.74) is 2.10. The number of rotatable bonds is 5. The van der Waals surface area contributed by atoms with Gasteiger partial charge in [-0.25, -0.2) is 9.67 Å². The Bertz CT molecular complexity index is 668. The maximum atomic E-state index is 12.0. The van der Waals surface area contributed by atoms with Crippen molar-refractivity contribution < 1.29 is 9.59 Å². The summed E-state index contributed by atoms with van der Waals surface area (Å²) in [6.07, 6.45) is 4.13. The van der Waals surface area contributed by atoms with E-state index in [1.54, 1.807) is 11.0 Å². The van der Waals surface area contributed by atoms with E-state index in [-0.39, 0.29) is 11.8 Å². The number of carbonyl (C=O) groups is 2.